The van der Waals surface area contributed by atoms with Crippen LogP contribution in [0.15, 0.2) is 12.4 Å². The number of carbonyl (C=O) groups is 1. The van der Waals surface area contributed by atoms with Gasteiger partial charge in [0.05, 0.1) is 12.6 Å². The van der Waals surface area contributed by atoms with Gasteiger partial charge < -0.3 is 10.5 Å². The van der Waals surface area contributed by atoms with Crippen molar-refractivity contribution in [3.63, 3.8) is 0 Å². The number of aromatic nitrogens is 2. The van der Waals surface area contributed by atoms with Crippen molar-refractivity contribution in [1.82, 2.24) is 9.97 Å². The highest BCUT2D eigenvalue weighted by molar-refractivity contribution is 6.03. The van der Waals surface area contributed by atoms with Crippen LogP contribution in [-0.4, -0.2) is 28.4 Å². The van der Waals surface area contributed by atoms with Crippen LogP contribution >= 0.6 is 0 Å². The molecular weight excluding hydrogens is 206 g/mol. The fourth-order valence-corrected chi connectivity index (χ4v) is 1.75. The first-order chi connectivity index (χ1) is 7.57. The number of carbonyl (C=O) groups excluding carboxylic acids is 1. The fourth-order valence-electron chi connectivity index (χ4n) is 1.75. The van der Waals surface area contributed by atoms with Crippen LogP contribution in [0.2, 0.25) is 0 Å². The van der Waals surface area contributed by atoms with Crippen LogP contribution in [0, 0.1) is 5.92 Å². The third kappa shape index (κ3) is 1.78. The summed E-state index contributed by atoms with van der Waals surface area (Å²) < 4.78 is 5.01. The Morgan fingerprint density at radius 2 is 2.12 bits per heavy atom. The van der Waals surface area contributed by atoms with Crippen LogP contribution in [0.25, 0.3) is 0 Å². The van der Waals surface area contributed by atoms with Crippen molar-refractivity contribution in [1.29, 1.82) is 0 Å². The second-order valence-corrected chi connectivity index (χ2v) is 4.30. The Balaban J connectivity index is 2.33. The Bertz CT molecular complexity index is 413. The summed E-state index contributed by atoms with van der Waals surface area (Å²) in [6.45, 7) is 1.75. The van der Waals surface area contributed by atoms with Crippen molar-refractivity contribution in [2.75, 3.05) is 7.11 Å². The quantitative estimate of drug-likeness (QED) is 0.761. The number of ether oxygens (including phenoxy) is 1. The van der Waals surface area contributed by atoms with Gasteiger partial charge in [-0.15, -0.1) is 0 Å². The van der Waals surface area contributed by atoms with E-state index in [0.29, 0.717) is 0 Å². The lowest BCUT2D eigenvalue weighted by molar-refractivity contribution is 0.0873. The summed E-state index contributed by atoms with van der Waals surface area (Å²) >= 11 is 0. The maximum absolute atomic E-state index is 12.2. The highest BCUT2D eigenvalue weighted by atomic mass is 16.5. The van der Waals surface area contributed by atoms with Gasteiger partial charge in [0.1, 0.15) is 0 Å². The molecule has 0 aliphatic heterocycles. The highest BCUT2D eigenvalue weighted by Crippen LogP contribution is 2.40. The van der Waals surface area contributed by atoms with Gasteiger partial charge in [0.15, 0.2) is 5.69 Å². The molecular formula is C11H15N3O2. The molecule has 0 aromatic carbocycles. The monoisotopic (exact) mass is 221 g/mol. The molecule has 0 saturated heterocycles. The Labute approximate surface area is 94.0 Å². The van der Waals surface area contributed by atoms with Crippen LogP contribution in [-0.2, 0) is 0 Å². The van der Waals surface area contributed by atoms with Crippen molar-refractivity contribution < 1.29 is 9.53 Å². The molecule has 1 aliphatic carbocycles. The number of nitrogens with two attached hydrogens (primary N) is 1. The number of hydrogen-bond acceptors (Lipinski definition) is 5. The number of methoxy groups -OCH3 is 1. The summed E-state index contributed by atoms with van der Waals surface area (Å²) in [6, 6.07) is 0. The number of rotatable bonds is 4. The maximum atomic E-state index is 12.2. The number of ketones is 1. The largest absolute Gasteiger partial charge is 0.479 e. The topological polar surface area (TPSA) is 78.1 Å². The van der Waals surface area contributed by atoms with E-state index in [2.05, 4.69) is 9.97 Å². The highest BCUT2D eigenvalue weighted by Gasteiger charge is 2.45. The number of nitrogens with zero attached hydrogens (tertiary/aromatic N) is 2. The second-order valence-electron chi connectivity index (χ2n) is 4.30. The van der Waals surface area contributed by atoms with Gasteiger partial charge in [-0.2, -0.15) is 0 Å². The van der Waals surface area contributed by atoms with E-state index in [1.807, 2.05) is 0 Å². The van der Waals surface area contributed by atoms with Crippen LogP contribution in [0.3, 0.4) is 0 Å². The molecule has 5 heteroatoms. The number of Topliss-reactive ketones (excluding diaryl/α,β-unsaturated/α-hetero) is 1. The minimum atomic E-state index is -0.858. The van der Waals surface area contributed by atoms with Crippen molar-refractivity contribution in [2.45, 2.75) is 25.3 Å². The zero-order valence-corrected chi connectivity index (χ0v) is 9.43. The fraction of sp³-hybridized carbons (Fsp3) is 0.545. The van der Waals surface area contributed by atoms with E-state index in [9.17, 15) is 4.79 Å². The van der Waals surface area contributed by atoms with E-state index < -0.39 is 5.54 Å². The van der Waals surface area contributed by atoms with Gasteiger partial charge in [-0.3, -0.25) is 4.79 Å². The summed E-state index contributed by atoms with van der Waals surface area (Å²) in [4.78, 5) is 20.2. The molecule has 1 heterocycles. The SMILES string of the molecule is COc1nccnc1C(=O)C(C)(N)C1CC1. The third-order valence-electron chi connectivity index (χ3n) is 2.99. The zero-order chi connectivity index (χ0) is 11.8. The van der Waals surface area contributed by atoms with Crippen LogP contribution in [0.1, 0.15) is 30.3 Å². The van der Waals surface area contributed by atoms with Crippen molar-refractivity contribution in [3.8, 4) is 5.88 Å². The van der Waals surface area contributed by atoms with Gasteiger partial charge in [0, 0.05) is 12.4 Å². The lowest BCUT2D eigenvalue weighted by Crippen LogP contribution is -2.47. The van der Waals surface area contributed by atoms with Crippen LogP contribution in [0.4, 0.5) is 0 Å². The first-order valence-electron chi connectivity index (χ1n) is 5.26. The van der Waals surface area contributed by atoms with Gasteiger partial charge in [0.2, 0.25) is 11.7 Å². The molecule has 1 aromatic rings. The number of hydrogen-bond donors (Lipinski definition) is 1. The van der Waals surface area contributed by atoms with E-state index in [0.717, 1.165) is 12.8 Å². The first kappa shape index (κ1) is 11.0. The summed E-state index contributed by atoms with van der Waals surface area (Å²) in [5.74, 6) is 0.302. The van der Waals surface area contributed by atoms with E-state index in [1.165, 1.54) is 19.5 Å². The molecule has 1 saturated carbocycles. The lowest BCUT2D eigenvalue weighted by Gasteiger charge is -2.22. The molecule has 5 nitrogen and oxygen atoms in total. The smallest absolute Gasteiger partial charge is 0.243 e. The molecule has 2 N–H and O–H groups in total. The molecule has 1 aromatic heterocycles. The normalized spacial score (nSPS) is 18.9. The van der Waals surface area contributed by atoms with Gasteiger partial charge in [-0.25, -0.2) is 9.97 Å². The average molecular weight is 221 g/mol. The molecule has 1 unspecified atom stereocenters. The average Bonchev–Trinajstić information content (AvgIpc) is 3.12. The molecule has 0 bridgehead atoms. The minimum Gasteiger partial charge on any atom is -0.479 e. The molecule has 0 spiro atoms. The van der Waals surface area contributed by atoms with E-state index in [4.69, 9.17) is 10.5 Å². The summed E-state index contributed by atoms with van der Waals surface area (Å²) in [5, 5.41) is 0. The Morgan fingerprint density at radius 1 is 1.50 bits per heavy atom. The van der Waals surface area contributed by atoms with Crippen LogP contribution in [0.5, 0.6) is 5.88 Å². The molecule has 2 rings (SSSR count). The third-order valence-corrected chi connectivity index (χ3v) is 2.99. The summed E-state index contributed by atoms with van der Waals surface area (Å²) in [5.41, 5.74) is 5.41. The van der Waals surface area contributed by atoms with Crippen molar-refractivity contribution in [3.05, 3.63) is 18.1 Å². The first-order valence-corrected chi connectivity index (χ1v) is 5.26. The molecule has 0 amide bonds. The molecule has 1 fully saturated rings. The van der Waals surface area contributed by atoms with Gasteiger partial charge >= 0.3 is 0 Å². The summed E-state index contributed by atoms with van der Waals surface area (Å²) in [7, 11) is 1.46. The van der Waals surface area contributed by atoms with Gasteiger partial charge in [-0.05, 0) is 25.7 Å². The van der Waals surface area contributed by atoms with Crippen molar-refractivity contribution >= 4 is 5.78 Å². The Kier molecular flexibility index (Phi) is 2.63. The standard InChI is InChI=1S/C11H15N3O2/c1-11(12,7-3-4-7)9(15)8-10(16-2)14-6-5-13-8/h5-7H,3-4,12H2,1-2H3. The van der Waals surface area contributed by atoms with Gasteiger partial charge in [0.25, 0.3) is 0 Å². The molecule has 16 heavy (non-hydrogen) atoms. The Hall–Kier alpha value is -1.49. The van der Waals surface area contributed by atoms with E-state index >= 15 is 0 Å². The molecule has 86 valence electrons. The van der Waals surface area contributed by atoms with Gasteiger partial charge in [-0.1, -0.05) is 0 Å². The van der Waals surface area contributed by atoms with Crippen molar-refractivity contribution in [2.24, 2.45) is 11.7 Å². The van der Waals surface area contributed by atoms with Crippen LogP contribution < -0.4 is 10.5 Å². The lowest BCUT2D eigenvalue weighted by atomic mass is 9.90. The zero-order valence-electron chi connectivity index (χ0n) is 9.43. The minimum absolute atomic E-state index is 0.194. The predicted octanol–water partition coefficient (Wildman–Crippen LogP) is 0.795. The molecule has 0 radical (unpaired) electrons. The summed E-state index contributed by atoms with van der Waals surface area (Å²) in [6.07, 6.45) is 4.96. The molecule has 1 atom stereocenters. The predicted molar refractivity (Wildman–Crippen MR) is 58.2 cm³/mol. The Morgan fingerprint density at radius 3 is 2.69 bits per heavy atom. The second kappa shape index (κ2) is 3.83. The van der Waals surface area contributed by atoms with E-state index in [-0.39, 0.29) is 23.3 Å². The maximum Gasteiger partial charge on any atom is 0.243 e. The molecule has 1 aliphatic rings. The van der Waals surface area contributed by atoms with E-state index in [1.54, 1.807) is 6.92 Å².